The Morgan fingerprint density at radius 3 is 1.71 bits per heavy atom. The fourth-order valence-corrected chi connectivity index (χ4v) is 1.76. The van der Waals surface area contributed by atoms with Gasteiger partial charge in [-0.2, -0.15) is 0 Å². The van der Waals surface area contributed by atoms with Crippen molar-refractivity contribution in [1.82, 2.24) is 10.6 Å². The maximum Gasteiger partial charge on any atom is 0.115 e. The van der Waals surface area contributed by atoms with E-state index in [-0.39, 0.29) is 34.1 Å². The molecule has 0 saturated carbocycles. The molecule has 1 aliphatic heterocycles. The van der Waals surface area contributed by atoms with Gasteiger partial charge in [-0.05, 0) is 44.7 Å². The van der Waals surface area contributed by atoms with E-state index in [2.05, 4.69) is 16.0 Å². The number of para-hydroxylation sites is 1. The van der Waals surface area contributed by atoms with Crippen molar-refractivity contribution >= 4 is 12.4 Å². The Kier molecular flexibility index (Phi) is 19.8. The van der Waals surface area contributed by atoms with Gasteiger partial charge in [0.1, 0.15) is 5.75 Å². The number of rotatable bonds is 0. The molecule has 120 valence electrons. The number of phenolic OH excluding ortho intramolecular Hbond substituents is 1. The van der Waals surface area contributed by atoms with Crippen LogP contribution in [0.25, 0.3) is 5.32 Å². The van der Waals surface area contributed by atoms with Gasteiger partial charge < -0.3 is 21.1 Å². The van der Waals surface area contributed by atoms with Crippen LogP contribution < -0.4 is 10.6 Å². The first-order chi connectivity index (χ1) is 9.39. The number of hydrogen-bond acceptors (Lipinski definition) is 3. The molecule has 0 radical (unpaired) electrons. The number of hydrogen-bond donors (Lipinski definition) is 3. The maximum absolute atomic E-state index is 8.63. The van der Waals surface area contributed by atoms with Gasteiger partial charge in [-0.15, -0.1) is 25.5 Å². The van der Waals surface area contributed by atoms with Crippen LogP contribution in [0.5, 0.6) is 5.75 Å². The van der Waals surface area contributed by atoms with Crippen molar-refractivity contribution < 1.29 is 26.8 Å². The second-order valence-corrected chi connectivity index (χ2v) is 4.57. The largest absolute Gasteiger partial charge is 0.662 e. The fourth-order valence-electron chi connectivity index (χ4n) is 1.76. The minimum absolute atomic E-state index is 0. The molecule has 21 heavy (non-hydrogen) atoms. The van der Waals surface area contributed by atoms with Crippen LogP contribution in [0.1, 0.15) is 19.3 Å². The zero-order valence-corrected chi connectivity index (χ0v) is 14.9. The summed E-state index contributed by atoms with van der Waals surface area (Å²) in [5, 5.41) is 19.9. The van der Waals surface area contributed by atoms with E-state index in [1.807, 2.05) is 6.07 Å². The second kappa shape index (κ2) is 18.0. The van der Waals surface area contributed by atoms with Crippen LogP contribution in [0.4, 0.5) is 0 Å². The standard InChI is InChI=1S/C9H20N3.C6H6O.ClH.Ti/c1-4-10-6-2-8-12-9-3-7-11-5-1;7-6-4-2-1-3-5-6;;/h10-11H,1-9H2;1-5,7H;1H;/q-1;;;. The summed E-state index contributed by atoms with van der Waals surface area (Å²) in [4.78, 5) is 0. The molecule has 0 aromatic heterocycles. The summed E-state index contributed by atoms with van der Waals surface area (Å²) >= 11 is 0. The van der Waals surface area contributed by atoms with Gasteiger partial charge in [-0.25, -0.2) is 0 Å². The fraction of sp³-hybridized carbons (Fsp3) is 0.600. The van der Waals surface area contributed by atoms with Crippen LogP contribution in [0.2, 0.25) is 0 Å². The molecule has 1 aromatic carbocycles. The van der Waals surface area contributed by atoms with Crippen molar-refractivity contribution in [3.63, 3.8) is 0 Å². The Morgan fingerprint density at radius 2 is 1.29 bits per heavy atom. The van der Waals surface area contributed by atoms with E-state index < -0.39 is 0 Å². The monoisotopic (exact) mass is 348 g/mol. The SMILES string of the molecule is C1C[N-]CCCNCCCNC1.Cl.Oc1ccccc1.[Ti]. The van der Waals surface area contributed by atoms with E-state index in [1.54, 1.807) is 24.3 Å². The van der Waals surface area contributed by atoms with E-state index >= 15 is 0 Å². The van der Waals surface area contributed by atoms with Gasteiger partial charge in [0.15, 0.2) is 0 Å². The zero-order chi connectivity index (χ0) is 13.6. The molecule has 0 atom stereocenters. The molecule has 4 nitrogen and oxygen atoms in total. The first-order valence-corrected chi connectivity index (χ1v) is 7.18. The first-order valence-electron chi connectivity index (χ1n) is 7.18. The predicted molar refractivity (Wildman–Crippen MR) is 88.0 cm³/mol. The molecule has 2 rings (SSSR count). The van der Waals surface area contributed by atoms with Crippen molar-refractivity contribution in [3.8, 4) is 5.75 Å². The molecule has 1 aromatic rings. The summed E-state index contributed by atoms with van der Waals surface area (Å²) in [5.74, 6) is 0.322. The second-order valence-electron chi connectivity index (χ2n) is 4.57. The van der Waals surface area contributed by atoms with Gasteiger partial charge in [0.05, 0.1) is 0 Å². The van der Waals surface area contributed by atoms with E-state index in [4.69, 9.17) is 5.11 Å². The van der Waals surface area contributed by atoms with Gasteiger partial charge in [0.2, 0.25) is 0 Å². The van der Waals surface area contributed by atoms with Crippen molar-refractivity contribution in [3.05, 3.63) is 35.6 Å². The summed E-state index contributed by atoms with van der Waals surface area (Å²) in [7, 11) is 0. The van der Waals surface area contributed by atoms with Gasteiger partial charge in [-0.3, -0.25) is 0 Å². The van der Waals surface area contributed by atoms with Crippen LogP contribution in [0.15, 0.2) is 30.3 Å². The quantitative estimate of drug-likeness (QED) is 0.632. The first kappa shape index (κ1) is 23.2. The molecule has 6 heteroatoms. The zero-order valence-electron chi connectivity index (χ0n) is 12.6. The molecule has 1 fully saturated rings. The molecule has 1 heterocycles. The Morgan fingerprint density at radius 1 is 0.810 bits per heavy atom. The minimum atomic E-state index is 0. The molecule has 0 amide bonds. The average Bonchev–Trinajstić information content (AvgIpc) is 2.41. The Bertz CT molecular complexity index is 261. The van der Waals surface area contributed by atoms with Crippen LogP contribution in [0.3, 0.4) is 0 Å². The number of aromatic hydroxyl groups is 1. The van der Waals surface area contributed by atoms with Gasteiger partial charge in [0, 0.05) is 21.7 Å². The molecule has 0 unspecified atom stereocenters. The molecule has 1 aliphatic rings. The number of halogens is 1. The third-order valence-electron chi connectivity index (χ3n) is 2.80. The van der Waals surface area contributed by atoms with Gasteiger partial charge in [-0.1, -0.05) is 31.0 Å². The van der Waals surface area contributed by atoms with Crippen molar-refractivity contribution in [2.75, 3.05) is 39.3 Å². The maximum atomic E-state index is 8.63. The normalized spacial score (nSPS) is 16.6. The van der Waals surface area contributed by atoms with Crippen molar-refractivity contribution in [2.45, 2.75) is 19.3 Å². The van der Waals surface area contributed by atoms with Crippen molar-refractivity contribution in [2.24, 2.45) is 0 Å². The van der Waals surface area contributed by atoms with Gasteiger partial charge >= 0.3 is 0 Å². The van der Waals surface area contributed by atoms with Crippen LogP contribution >= 0.6 is 12.4 Å². The van der Waals surface area contributed by atoms with E-state index in [0.29, 0.717) is 5.75 Å². The van der Waals surface area contributed by atoms with E-state index in [0.717, 1.165) is 39.3 Å². The predicted octanol–water partition coefficient (Wildman–Crippen LogP) is 2.53. The molecule has 0 spiro atoms. The topological polar surface area (TPSA) is 58.4 Å². The van der Waals surface area contributed by atoms with E-state index in [9.17, 15) is 0 Å². The smallest absolute Gasteiger partial charge is 0.115 e. The van der Waals surface area contributed by atoms with Gasteiger partial charge in [0.25, 0.3) is 0 Å². The molecule has 1 saturated heterocycles. The third-order valence-corrected chi connectivity index (χ3v) is 2.80. The van der Waals surface area contributed by atoms with Crippen LogP contribution in [-0.4, -0.2) is 44.4 Å². The Hall–Kier alpha value is -0.0957. The summed E-state index contributed by atoms with van der Waals surface area (Å²) in [6.07, 6.45) is 3.65. The third kappa shape index (κ3) is 16.1. The Balaban J connectivity index is 0. The molecule has 3 N–H and O–H groups in total. The number of phenols is 1. The number of nitrogens with zero attached hydrogens (tertiary/aromatic N) is 1. The van der Waals surface area contributed by atoms with Crippen LogP contribution in [-0.2, 0) is 21.7 Å². The van der Waals surface area contributed by atoms with Crippen molar-refractivity contribution in [1.29, 1.82) is 0 Å². The molecule has 0 bridgehead atoms. The van der Waals surface area contributed by atoms with Crippen LogP contribution in [0, 0.1) is 0 Å². The Labute approximate surface area is 149 Å². The minimum Gasteiger partial charge on any atom is -0.662 e. The summed E-state index contributed by atoms with van der Waals surface area (Å²) in [6, 6.07) is 8.71. The van der Waals surface area contributed by atoms with E-state index in [1.165, 1.54) is 19.3 Å². The molecular formula is C15H27ClN3OTi-. The summed E-state index contributed by atoms with van der Waals surface area (Å²) in [6.45, 7) is 6.62. The number of benzene rings is 1. The summed E-state index contributed by atoms with van der Waals surface area (Å²) in [5.41, 5.74) is 0. The molecule has 0 aliphatic carbocycles. The average molecular weight is 349 g/mol. The summed E-state index contributed by atoms with van der Waals surface area (Å²) < 4.78 is 0. The molecular weight excluding hydrogens is 322 g/mol. The number of nitrogens with one attached hydrogen (secondary N) is 2.